The Morgan fingerprint density at radius 1 is 1.40 bits per heavy atom. The van der Waals surface area contributed by atoms with Crippen LogP contribution in [0.5, 0.6) is 0 Å². The van der Waals surface area contributed by atoms with Gasteiger partial charge in [0.05, 0.1) is 31.1 Å². The molecule has 0 saturated carbocycles. The third-order valence-electron chi connectivity index (χ3n) is 5.47. The van der Waals surface area contributed by atoms with Crippen LogP contribution >= 0.6 is 0 Å². The number of nitrogens with zero attached hydrogens (tertiary/aromatic N) is 3. The smallest absolute Gasteiger partial charge is 0.276 e. The van der Waals surface area contributed by atoms with Crippen LogP contribution in [-0.4, -0.2) is 68.3 Å². The van der Waals surface area contributed by atoms with Gasteiger partial charge in [-0.1, -0.05) is 12.1 Å². The van der Waals surface area contributed by atoms with Crippen molar-refractivity contribution in [2.45, 2.75) is 37.8 Å². The number of carbonyl (C=O) groups is 1. The normalized spacial score (nSPS) is 18.6. The number of halogens is 2. The third kappa shape index (κ3) is 3.85. The van der Waals surface area contributed by atoms with Gasteiger partial charge in [0.25, 0.3) is 12.3 Å². The number of hydrogen-bond donors (Lipinski definition) is 4. The minimum Gasteiger partial charge on any atom is -0.394 e. The Kier molecular flexibility index (Phi) is 6.30. The molecule has 1 aliphatic heterocycles. The molecule has 1 amide bonds. The predicted molar refractivity (Wildman–Crippen MR) is 105 cm³/mol. The van der Waals surface area contributed by atoms with Crippen molar-refractivity contribution in [2.75, 3.05) is 25.5 Å². The first-order chi connectivity index (χ1) is 14.2. The van der Waals surface area contributed by atoms with Gasteiger partial charge in [-0.2, -0.15) is 0 Å². The van der Waals surface area contributed by atoms with Crippen molar-refractivity contribution in [3.8, 4) is 11.3 Å². The number of hydrogen-bond acceptors (Lipinski definition) is 7. The van der Waals surface area contributed by atoms with Gasteiger partial charge in [-0.05, 0) is 37.0 Å². The van der Waals surface area contributed by atoms with E-state index in [-0.39, 0.29) is 35.4 Å². The quantitative estimate of drug-likeness (QED) is 0.547. The summed E-state index contributed by atoms with van der Waals surface area (Å²) in [5.41, 5.74) is 4.07. The number of likely N-dealkylation sites (tertiary alicyclic amines) is 1. The van der Waals surface area contributed by atoms with E-state index in [9.17, 15) is 28.9 Å². The number of nitrogen functional groups attached to an aromatic ring is 1. The number of benzene rings is 1. The highest BCUT2D eigenvalue weighted by molar-refractivity contribution is 5.97. The highest BCUT2D eigenvalue weighted by atomic mass is 19.3. The second kappa shape index (κ2) is 8.58. The molecule has 0 aliphatic carbocycles. The van der Waals surface area contributed by atoms with E-state index in [1.165, 1.54) is 29.3 Å². The number of rotatable bonds is 6. The molecule has 5 N–H and O–H groups in total. The van der Waals surface area contributed by atoms with Crippen LogP contribution in [0.15, 0.2) is 24.4 Å². The number of carbonyl (C=O) groups excluding carboxylic acids is 1. The molecule has 2 aromatic rings. The fraction of sp³-hybridized carbons (Fsp3) is 0.450. The maximum absolute atomic E-state index is 13.3. The second-order valence-corrected chi connectivity index (χ2v) is 7.38. The molecule has 8 nitrogen and oxygen atoms in total. The van der Waals surface area contributed by atoms with Crippen molar-refractivity contribution in [2.24, 2.45) is 0 Å². The minimum atomic E-state index is -3.21. The van der Waals surface area contributed by atoms with Crippen LogP contribution in [0.2, 0.25) is 0 Å². The standard InChI is InChI=1S/C20H24F2N4O4/c1-11-4-5-12(20(30,10-28)19(21)22)7-14(11)15-8-24-17(23)16(25-15)18(29)26-6-2-3-13(26)9-27/h4-5,7-8,13,19,27-28,30H,2-3,6,9-10H2,1H3,(H2,23,24)/t13-,20?/m1/s1. The fourth-order valence-electron chi connectivity index (χ4n) is 3.57. The molecule has 0 radical (unpaired) electrons. The Hall–Kier alpha value is -2.69. The van der Waals surface area contributed by atoms with Crippen molar-refractivity contribution in [1.29, 1.82) is 0 Å². The lowest BCUT2D eigenvalue weighted by atomic mass is 9.91. The van der Waals surface area contributed by atoms with E-state index in [1.807, 2.05) is 0 Å². The molecule has 10 heteroatoms. The topological polar surface area (TPSA) is 133 Å². The number of aliphatic hydroxyl groups is 3. The van der Waals surface area contributed by atoms with E-state index in [0.29, 0.717) is 24.1 Å². The Morgan fingerprint density at radius 3 is 2.77 bits per heavy atom. The Bertz CT molecular complexity index is 943. The summed E-state index contributed by atoms with van der Waals surface area (Å²) in [4.78, 5) is 22.8. The Labute approximate surface area is 172 Å². The lowest BCUT2D eigenvalue weighted by molar-refractivity contribution is -0.129. The van der Waals surface area contributed by atoms with Crippen LogP contribution in [0, 0.1) is 6.92 Å². The molecular weight excluding hydrogens is 398 g/mol. The molecule has 3 rings (SSSR count). The van der Waals surface area contributed by atoms with Crippen molar-refractivity contribution in [3.63, 3.8) is 0 Å². The summed E-state index contributed by atoms with van der Waals surface area (Å²) in [6.07, 6.45) is -0.479. The summed E-state index contributed by atoms with van der Waals surface area (Å²) >= 11 is 0. The minimum absolute atomic E-state index is 0.0828. The van der Waals surface area contributed by atoms with Crippen molar-refractivity contribution < 1.29 is 28.9 Å². The van der Waals surface area contributed by atoms with Crippen LogP contribution in [0.1, 0.15) is 34.5 Å². The average molecular weight is 422 g/mol. The predicted octanol–water partition coefficient (Wildman–Crippen LogP) is 1.08. The van der Waals surface area contributed by atoms with Crippen molar-refractivity contribution in [1.82, 2.24) is 14.9 Å². The molecule has 162 valence electrons. The molecule has 1 unspecified atom stereocenters. The summed E-state index contributed by atoms with van der Waals surface area (Å²) < 4.78 is 26.7. The van der Waals surface area contributed by atoms with E-state index < -0.39 is 24.5 Å². The second-order valence-electron chi connectivity index (χ2n) is 7.38. The van der Waals surface area contributed by atoms with Gasteiger partial charge < -0.3 is 26.0 Å². The summed E-state index contributed by atoms with van der Waals surface area (Å²) in [7, 11) is 0. The maximum Gasteiger partial charge on any atom is 0.276 e. The lowest BCUT2D eigenvalue weighted by Crippen LogP contribution is -2.38. The zero-order chi connectivity index (χ0) is 22.1. The molecule has 0 bridgehead atoms. The SMILES string of the molecule is Cc1ccc(C(O)(CO)C(F)F)cc1-c1cnc(N)c(C(=O)N2CCC[C@@H]2CO)n1. The number of aliphatic hydroxyl groups excluding tert-OH is 2. The number of anilines is 1. The largest absolute Gasteiger partial charge is 0.394 e. The molecule has 1 aromatic carbocycles. The van der Waals surface area contributed by atoms with Gasteiger partial charge in [0.1, 0.15) is 0 Å². The van der Waals surface area contributed by atoms with E-state index in [4.69, 9.17) is 5.73 Å². The molecule has 1 saturated heterocycles. The van der Waals surface area contributed by atoms with Crippen molar-refractivity contribution in [3.05, 3.63) is 41.2 Å². The molecule has 1 aromatic heterocycles. The van der Waals surface area contributed by atoms with Gasteiger partial charge in [-0.3, -0.25) is 4.79 Å². The Morgan fingerprint density at radius 2 is 2.13 bits per heavy atom. The summed E-state index contributed by atoms with van der Waals surface area (Å²) in [5, 5.41) is 29.0. The van der Waals surface area contributed by atoms with Gasteiger partial charge in [0, 0.05) is 12.1 Å². The molecule has 1 fully saturated rings. The number of aryl methyl sites for hydroxylation is 1. The van der Waals surface area contributed by atoms with Gasteiger partial charge in [0.2, 0.25) is 0 Å². The molecule has 2 heterocycles. The molecular formula is C20H24F2N4O4. The molecule has 30 heavy (non-hydrogen) atoms. The highest BCUT2D eigenvalue weighted by Crippen LogP contribution is 2.33. The van der Waals surface area contributed by atoms with Crippen LogP contribution in [0.4, 0.5) is 14.6 Å². The van der Waals surface area contributed by atoms with Crippen LogP contribution in [0.3, 0.4) is 0 Å². The van der Waals surface area contributed by atoms with Gasteiger partial charge in [0.15, 0.2) is 17.1 Å². The first kappa shape index (κ1) is 22.0. The fourth-order valence-corrected chi connectivity index (χ4v) is 3.57. The third-order valence-corrected chi connectivity index (χ3v) is 5.47. The number of aromatic nitrogens is 2. The van der Waals surface area contributed by atoms with Crippen LogP contribution < -0.4 is 5.73 Å². The Balaban J connectivity index is 2.04. The zero-order valence-corrected chi connectivity index (χ0v) is 16.4. The van der Waals surface area contributed by atoms with Crippen LogP contribution in [-0.2, 0) is 5.60 Å². The summed E-state index contributed by atoms with van der Waals surface area (Å²) in [5.74, 6) is -0.549. The zero-order valence-electron chi connectivity index (χ0n) is 16.4. The van der Waals surface area contributed by atoms with Crippen molar-refractivity contribution >= 4 is 11.7 Å². The first-order valence-corrected chi connectivity index (χ1v) is 9.50. The summed E-state index contributed by atoms with van der Waals surface area (Å²) in [6.45, 7) is 0.832. The number of nitrogens with two attached hydrogens (primary N) is 1. The van der Waals surface area contributed by atoms with Gasteiger partial charge in [-0.15, -0.1) is 0 Å². The molecule has 0 spiro atoms. The van der Waals surface area contributed by atoms with Gasteiger partial charge >= 0.3 is 0 Å². The molecule has 2 atom stereocenters. The first-order valence-electron chi connectivity index (χ1n) is 9.50. The lowest BCUT2D eigenvalue weighted by Gasteiger charge is -2.26. The highest BCUT2D eigenvalue weighted by Gasteiger charge is 2.39. The number of alkyl halides is 2. The van der Waals surface area contributed by atoms with E-state index in [0.717, 1.165) is 6.42 Å². The van der Waals surface area contributed by atoms with E-state index in [1.54, 1.807) is 6.92 Å². The van der Waals surface area contributed by atoms with Gasteiger partial charge in [-0.25, -0.2) is 18.7 Å². The van der Waals surface area contributed by atoms with E-state index >= 15 is 0 Å². The summed E-state index contributed by atoms with van der Waals surface area (Å²) in [6, 6.07) is 3.78. The maximum atomic E-state index is 13.3. The average Bonchev–Trinajstić information content (AvgIpc) is 3.22. The number of amides is 1. The van der Waals surface area contributed by atoms with Crippen LogP contribution in [0.25, 0.3) is 11.3 Å². The van der Waals surface area contributed by atoms with E-state index in [2.05, 4.69) is 9.97 Å². The monoisotopic (exact) mass is 422 g/mol. The molecule has 1 aliphatic rings.